The van der Waals surface area contributed by atoms with Gasteiger partial charge in [0.15, 0.2) is 8.32 Å². The van der Waals surface area contributed by atoms with Gasteiger partial charge in [0.1, 0.15) is 0 Å². The summed E-state index contributed by atoms with van der Waals surface area (Å²) in [6.07, 6.45) is 1.39. The molecule has 3 rings (SSSR count). The van der Waals surface area contributed by atoms with Crippen molar-refractivity contribution in [2.24, 2.45) is 0 Å². The summed E-state index contributed by atoms with van der Waals surface area (Å²) < 4.78 is 8.04. The number of fused-ring (bicyclic) bond motifs is 1. The molecular formula is C22H30Cl2OSiZr-2. The first-order valence-electron chi connectivity index (χ1n) is 8.79. The molecule has 0 aliphatic rings. The maximum absolute atomic E-state index is 5.95. The second-order valence-electron chi connectivity index (χ2n) is 6.98. The summed E-state index contributed by atoms with van der Waals surface area (Å²) in [4.78, 5) is 0. The predicted octanol–water partition coefficient (Wildman–Crippen LogP) is 0.110. The molecule has 0 radical (unpaired) electrons. The molecule has 0 aromatic heterocycles. The van der Waals surface area contributed by atoms with Crippen LogP contribution in [0.4, 0.5) is 0 Å². The van der Waals surface area contributed by atoms with E-state index in [0.717, 1.165) is 6.42 Å². The second kappa shape index (κ2) is 15.6. The predicted molar refractivity (Wildman–Crippen MR) is 111 cm³/mol. The quantitative estimate of drug-likeness (QED) is 0.365. The molecule has 1 nitrogen and oxygen atoms in total. The first-order chi connectivity index (χ1) is 11.9. The van der Waals surface area contributed by atoms with Gasteiger partial charge in [0.25, 0.3) is 0 Å². The molecule has 0 N–H and O–H groups in total. The molecule has 0 saturated heterocycles. The third-order valence-corrected chi connectivity index (χ3v) is 4.47. The minimum Gasteiger partial charge on any atom is -1.00 e. The Kier molecular flexibility index (Phi) is 16.7. The summed E-state index contributed by atoms with van der Waals surface area (Å²) in [6, 6.07) is 23.1. The Balaban J connectivity index is 0. The largest absolute Gasteiger partial charge is 1.00 e. The zero-order chi connectivity index (χ0) is 18.7. The van der Waals surface area contributed by atoms with Gasteiger partial charge in [-0.25, -0.2) is 12.1 Å². The van der Waals surface area contributed by atoms with Crippen molar-refractivity contribution < 1.29 is 53.5 Å². The van der Waals surface area contributed by atoms with Gasteiger partial charge in [-0.15, -0.1) is 29.7 Å². The SMILES string of the molecule is CC(C[c-]1cccc1)O[Si](C)(C)C.C[CH]=[Zr+2].[Cl-].[Cl-].c1ccc2[cH-]ccc2c1. The molecule has 5 heteroatoms. The van der Waals surface area contributed by atoms with Crippen LogP contribution in [0.5, 0.6) is 0 Å². The molecule has 1 unspecified atom stereocenters. The molecule has 1 atom stereocenters. The smallest absolute Gasteiger partial charge is 0.0809 e. The average Bonchev–Trinajstić information content (AvgIpc) is 3.17. The minimum absolute atomic E-state index is 0. The molecule has 0 amide bonds. The Labute approximate surface area is 193 Å². The van der Waals surface area contributed by atoms with Gasteiger partial charge < -0.3 is 29.2 Å². The third-order valence-electron chi connectivity index (χ3n) is 3.36. The molecule has 27 heavy (non-hydrogen) atoms. The Bertz CT molecular complexity index is 687. The molecule has 0 fully saturated rings. The van der Waals surface area contributed by atoms with Gasteiger partial charge in [-0.1, -0.05) is 6.07 Å². The van der Waals surface area contributed by atoms with E-state index in [1.807, 2.05) is 6.92 Å². The summed E-state index contributed by atoms with van der Waals surface area (Å²) in [5.41, 5.74) is 1.38. The van der Waals surface area contributed by atoms with Crippen LogP contribution in [0.2, 0.25) is 19.6 Å². The van der Waals surface area contributed by atoms with Crippen LogP contribution in [0.25, 0.3) is 10.8 Å². The van der Waals surface area contributed by atoms with E-state index >= 15 is 0 Å². The van der Waals surface area contributed by atoms with Crippen molar-refractivity contribution in [1.82, 2.24) is 0 Å². The van der Waals surface area contributed by atoms with E-state index in [9.17, 15) is 0 Å². The molecule has 0 saturated carbocycles. The first kappa shape index (κ1) is 28.9. The Hall–Kier alpha value is -0.310. The molecule has 0 heterocycles. The third kappa shape index (κ3) is 13.5. The molecule has 0 aliphatic heterocycles. The Morgan fingerprint density at radius 1 is 1.07 bits per heavy atom. The number of rotatable bonds is 4. The van der Waals surface area contributed by atoms with Crippen molar-refractivity contribution in [2.75, 3.05) is 0 Å². The van der Waals surface area contributed by atoms with Gasteiger partial charge in [0.05, 0.1) is 0 Å². The van der Waals surface area contributed by atoms with Crippen LogP contribution in [-0.2, 0) is 35.1 Å². The van der Waals surface area contributed by atoms with E-state index < -0.39 is 8.32 Å². The maximum Gasteiger partial charge on any atom is -0.0809 e. The molecule has 3 aromatic carbocycles. The van der Waals surface area contributed by atoms with E-state index in [-0.39, 0.29) is 24.8 Å². The van der Waals surface area contributed by atoms with E-state index in [4.69, 9.17) is 4.43 Å². The van der Waals surface area contributed by atoms with Gasteiger partial charge in [-0.05, 0) is 33.0 Å². The molecule has 3 aromatic rings. The number of hydrogen-bond donors (Lipinski definition) is 0. The fraction of sp³-hybridized carbons (Fsp3) is 0.318. The van der Waals surface area contributed by atoms with Crippen molar-refractivity contribution in [3.63, 3.8) is 0 Å². The van der Waals surface area contributed by atoms with Gasteiger partial charge in [-0.3, -0.25) is 0 Å². The maximum atomic E-state index is 5.95. The molecule has 0 aliphatic carbocycles. The van der Waals surface area contributed by atoms with Gasteiger partial charge in [0.2, 0.25) is 0 Å². The zero-order valence-electron chi connectivity index (χ0n) is 16.9. The molecule has 148 valence electrons. The number of benzene rings is 1. The standard InChI is InChI=1S/C11H19OSi.C9H7.C2H4.2ClH.Zr/c1-10(12-13(2,3)4)9-11-7-5-6-8-11;1-2-5-9-7-3-6-8(9)4-1;1-2;;;/h5-8,10H,9H2,1-4H3;1-7H;1H,2H3;2*1H;/q2*-1;;;;+2/p-2. The average molecular weight is 501 g/mol. The molecular weight excluding hydrogens is 470 g/mol. The van der Waals surface area contributed by atoms with Gasteiger partial charge in [-0.2, -0.15) is 35.2 Å². The van der Waals surface area contributed by atoms with Crippen molar-refractivity contribution in [3.05, 3.63) is 72.3 Å². The zero-order valence-corrected chi connectivity index (χ0v) is 21.8. The monoisotopic (exact) mass is 498 g/mol. The van der Waals surface area contributed by atoms with Crippen LogP contribution in [0.1, 0.15) is 19.4 Å². The summed E-state index contributed by atoms with van der Waals surface area (Å²) in [5.74, 6) is 0. The van der Waals surface area contributed by atoms with E-state index in [2.05, 4.69) is 97.0 Å². The van der Waals surface area contributed by atoms with Crippen LogP contribution in [0.15, 0.2) is 66.7 Å². The van der Waals surface area contributed by atoms with Crippen LogP contribution in [0, 0.1) is 0 Å². The van der Waals surface area contributed by atoms with Crippen molar-refractivity contribution in [1.29, 1.82) is 0 Å². The summed E-state index contributed by atoms with van der Waals surface area (Å²) >= 11 is 1.51. The van der Waals surface area contributed by atoms with Crippen LogP contribution >= 0.6 is 0 Å². The van der Waals surface area contributed by atoms with E-state index in [1.165, 1.54) is 40.6 Å². The minimum atomic E-state index is -1.35. The van der Waals surface area contributed by atoms with Crippen molar-refractivity contribution in [2.45, 2.75) is 46.0 Å². The molecule has 0 bridgehead atoms. The van der Waals surface area contributed by atoms with E-state index in [0.29, 0.717) is 6.10 Å². The fourth-order valence-corrected chi connectivity index (χ4v) is 3.89. The molecule has 0 spiro atoms. The van der Waals surface area contributed by atoms with Crippen LogP contribution < -0.4 is 24.8 Å². The normalized spacial score (nSPS) is 10.9. The van der Waals surface area contributed by atoms with Crippen molar-refractivity contribution in [3.8, 4) is 0 Å². The second-order valence-corrected chi connectivity index (χ2v) is 12.9. The first-order valence-corrected chi connectivity index (χ1v) is 13.6. The van der Waals surface area contributed by atoms with Crippen molar-refractivity contribution >= 4 is 22.8 Å². The summed E-state index contributed by atoms with van der Waals surface area (Å²) in [7, 11) is -1.35. The van der Waals surface area contributed by atoms with Gasteiger partial charge in [0, 0.05) is 6.10 Å². The summed E-state index contributed by atoms with van der Waals surface area (Å²) in [5, 5.41) is 2.66. The fourth-order valence-electron chi connectivity index (χ4n) is 2.60. The number of halogens is 2. The Morgan fingerprint density at radius 3 is 2.15 bits per heavy atom. The van der Waals surface area contributed by atoms with E-state index in [1.54, 1.807) is 0 Å². The number of hydrogen-bond acceptors (Lipinski definition) is 1. The van der Waals surface area contributed by atoms with Crippen LogP contribution in [-0.4, -0.2) is 18.1 Å². The Morgan fingerprint density at radius 2 is 1.63 bits per heavy atom. The van der Waals surface area contributed by atoms with Crippen LogP contribution in [0.3, 0.4) is 0 Å². The summed E-state index contributed by atoms with van der Waals surface area (Å²) in [6.45, 7) is 10.9. The van der Waals surface area contributed by atoms with Gasteiger partial charge >= 0.3 is 34.9 Å². The topological polar surface area (TPSA) is 9.23 Å².